The van der Waals surface area contributed by atoms with E-state index in [0.717, 1.165) is 28.7 Å². The van der Waals surface area contributed by atoms with Gasteiger partial charge in [0.1, 0.15) is 0 Å². The van der Waals surface area contributed by atoms with Gasteiger partial charge in [-0.1, -0.05) is 36.4 Å². The average molecular weight is 493 g/mol. The quantitative estimate of drug-likeness (QED) is 0.322. The van der Waals surface area contributed by atoms with Crippen LogP contribution in [0.4, 0.5) is 18.9 Å². The van der Waals surface area contributed by atoms with Crippen LogP contribution in [0.25, 0.3) is 5.69 Å². The van der Waals surface area contributed by atoms with Crippen molar-refractivity contribution >= 4 is 23.0 Å². The van der Waals surface area contributed by atoms with Gasteiger partial charge in [0.05, 0.1) is 29.0 Å². The molecule has 1 aliphatic rings. The van der Waals surface area contributed by atoms with E-state index < -0.39 is 11.7 Å². The molecule has 1 fully saturated rings. The minimum absolute atomic E-state index is 0.107. The van der Waals surface area contributed by atoms with Crippen LogP contribution in [-0.4, -0.2) is 14.7 Å². The first-order valence-electron chi connectivity index (χ1n) is 11.2. The Morgan fingerprint density at radius 2 is 1.60 bits per heavy atom. The second-order valence-electron chi connectivity index (χ2n) is 8.51. The number of benzene rings is 2. The van der Waals surface area contributed by atoms with Crippen LogP contribution in [0.3, 0.4) is 0 Å². The fraction of sp³-hybridized carbons (Fsp3) is 0.185. The summed E-state index contributed by atoms with van der Waals surface area (Å²) in [6, 6.07) is 22.5. The Balaban J connectivity index is 1.70. The maximum atomic E-state index is 13.9. The van der Waals surface area contributed by atoms with Crippen molar-refractivity contribution < 1.29 is 13.2 Å². The summed E-state index contributed by atoms with van der Waals surface area (Å²) in [5.74, 6) is 0. The number of thiocarbonyl (C=S) groups is 1. The highest BCUT2D eigenvalue weighted by atomic mass is 32.1. The molecule has 8 heteroatoms. The van der Waals surface area contributed by atoms with Gasteiger partial charge in [0, 0.05) is 23.3 Å². The number of halogens is 3. The molecule has 1 N–H and O–H groups in total. The van der Waals surface area contributed by atoms with E-state index in [9.17, 15) is 13.2 Å². The summed E-state index contributed by atoms with van der Waals surface area (Å²) in [5, 5.41) is 3.94. The molecule has 5 rings (SSSR count). The largest absolute Gasteiger partial charge is 0.418 e. The lowest BCUT2D eigenvalue weighted by Crippen LogP contribution is -2.29. The van der Waals surface area contributed by atoms with Gasteiger partial charge in [-0.2, -0.15) is 13.2 Å². The molecule has 0 spiro atoms. The molecule has 0 unspecified atom stereocenters. The highest BCUT2D eigenvalue weighted by Crippen LogP contribution is 2.44. The molecule has 3 heterocycles. The van der Waals surface area contributed by atoms with Gasteiger partial charge in [0.15, 0.2) is 5.11 Å². The van der Waals surface area contributed by atoms with Gasteiger partial charge in [-0.25, -0.2) is 0 Å². The third-order valence-electron chi connectivity index (χ3n) is 6.37. The van der Waals surface area contributed by atoms with Crippen molar-refractivity contribution in [3.05, 3.63) is 113 Å². The van der Waals surface area contributed by atoms with E-state index in [-0.39, 0.29) is 17.8 Å². The Morgan fingerprint density at radius 1 is 0.914 bits per heavy atom. The maximum absolute atomic E-state index is 13.9. The molecule has 4 nitrogen and oxygen atoms in total. The SMILES string of the molecule is Cc1cc([C@@H]2[C@H](c3ccccn3)NC(=S)N2c2ccccc2)c(C)n1-c1ccccc1C(F)(F)F. The molecule has 2 atom stereocenters. The first-order valence-corrected chi connectivity index (χ1v) is 11.6. The summed E-state index contributed by atoms with van der Waals surface area (Å²) in [4.78, 5) is 6.58. The van der Waals surface area contributed by atoms with E-state index in [1.165, 1.54) is 12.1 Å². The number of aryl methyl sites for hydroxylation is 1. The van der Waals surface area contributed by atoms with Crippen molar-refractivity contribution in [2.24, 2.45) is 0 Å². The van der Waals surface area contributed by atoms with E-state index in [1.54, 1.807) is 16.8 Å². The van der Waals surface area contributed by atoms with Crippen LogP contribution in [0.5, 0.6) is 0 Å². The minimum Gasteiger partial charge on any atom is -0.351 e. The van der Waals surface area contributed by atoms with Gasteiger partial charge in [0.2, 0.25) is 0 Å². The number of nitrogens with one attached hydrogen (secondary N) is 1. The zero-order valence-electron chi connectivity index (χ0n) is 19.1. The van der Waals surface area contributed by atoms with E-state index in [2.05, 4.69) is 10.3 Å². The lowest BCUT2D eigenvalue weighted by Gasteiger charge is -2.28. The van der Waals surface area contributed by atoms with E-state index in [1.807, 2.05) is 73.3 Å². The first kappa shape index (κ1) is 23.1. The van der Waals surface area contributed by atoms with Gasteiger partial charge >= 0.3 is 6.18 Å². The van der Waals surface area contributed by atoms with Gasteiger partial charge in [-0.3, -0.25) is 4.98 Å². The molecular formula is C27H23F3N4S. The molecule has 0 aliphatic carbocycles. The number of rotatable bonds is 4. The van der Waals surface area contributed by atoms with Crippen LogP contribution in [0.1, 0.15) is 40.3 Å². The molecule has 0 bridgehead atoms. The lowest BCUT2D eigenvalue weighted by molar-refractivity contribution is -0.137. The third-order valence-corrected chi connectivity index (χ3v) is 6.69. The zero-order valence-corrected chi connectivity index (χ0v) is 19.9. The van der Waals surface area contributed by atoms with Crippen molar-refractivity contribution in [3.63, 3.8) is 0 Å². The molecule has 2 aromatic heterocycles. The predicted molar refractivity (Wildman–Crippen MR) is 135 cm³/mol. The molecule has 35 heavy (non-hydrogen) atoms. The summed E-state index contributed by atoms with van der Waals surface area (Å²) in [6.07, 6.45) is -2.74. The van der Waals surface area contributed by atoms with Crippen molar-refractivity contribution in [2.45, 2.75) is 32.1 Å². The van der Waals surface area contributed by atoms with E-state index in [4.69, 9.17) is 12.2 Å². The molecule has 0 saturated carbocycles. The van der Waals surface area contributed by atoms with E-state index >= 15 is 0 Å². The summed E-state index contributed by atoms with van der Waals surface area (Å²) < 4.78 is 43.3. The summed E-state index contributed by atoms with van der Waals surface area (Å²) in [5.41, 5.74) is 3.45. The van der Waals surface area contributed by atoms with Crippen LogP contribution in [0.2, 0.25) is 0 Å². The second-order valence-corrected chi connectivity index (χ2v) is 8.90. The monoisotopic (exact) mass is 492 g/mol. The fourth-order valence-electron chi connectivity index (χ4n) is 4.90. The zero-order chi connectivity index (χ0) is 24.7. The van der Waals surface area contributed by atoms with Gasteiger partial charge < -0.3 is 14.8 Å². The number of hydrogen-bond donors (Lipinski definition) is 1. The Morgan fingerprint density at radius 3 is 2.29 bits per heavy atom. The van der Waals surface area contributed by atoms with Crippen LogP contribution in [-0.2, 0) is 6.18 Å². The van der Waals surface area contributed by atoms with Crippen LogP contribution >= 0.6 is 12.2 Å². The number of para-hydroxylation sites is 2. The van der Waals surface area contributed by atoms with Crippen molar-refractivity contribution in [1.82, 2.24) is 14.9 Å². The first-order chi connectivity index (χ1) is 16.8. The minimum atomic E-state index is -4.47. The standard InChI is InChI=1S/C27H23F3N4S/c1-17-16-20(18(2)33(17)23-14-7-6-12-21(23)27(28,29)30)25-24(22-13-8-9-15-31-22)32-26(35)34(25)19-10-4-3-5-11-19/h3-16,24-25H,1-2H3,(H,32,35)/t24-,25+/m0/s1. The number of aromatic nitrogens is 2. The highest BCUT2D eigenvalue weighted by molar-refractivity contribution is 7.80. The number of hydrogen-bond acceptors (Lipinski definition) is 2. The normalized spacial score (nSPS) is 18.1. The number of anilines is 1. The van der Waals surface area contributed by atoms with Crippen LogP contribution in [0.15, 0.2) is 85.1 Å². The van der Waals surface area contributed by atoms with Crippen molar-refractivity contribution in [2.75, 3.05) is 4.90 Å². The van der Waals surface area contributed by atoms with Crippen LogP contribution in [0, 0.1) is 13.8 Å². The summed E-state index contributed by atoms with van der Waals surface area (Å²) >= 11 is 5.75. The Hall–Kier alpha value is -3.65. The lowest BCUT2D eigenvalue weighted by atomic mass is 9.96. The molecule has 1 aliphatic heterocycles. The molecule has 4 aromatic rings. The van der Waals surface area contributed by atoms with Crippen LogP contribution < -0.4 is 10.2 Å². The average Bonchev–Trinajstić information content (AvgIpc) is 3.34. The maximum Gasteiger partial charge on any atom is 0.418 e. The molecule has 0 amide bonds. The Labute approximate surface area is 207 Å². The molecule has 1 saturated heterocycles. The summed E-state index contributed by atoms with van der Waals surface area (Å²) in [7, 11) is 0. The van der Waals surface area contributed by atoms with Crippen molar-refractivity contribution in [3.8, 4) is 5.69 Å². The predicted octanol–water partition coefficient (Wildman–Crippen LogP) is 6.69. The van der Waals surface area contributed by atoms with Gasteiger partial charge in [-0.15, -0.1) is 0 Å². The molecule has 2 aromatic carbocycles. The van der Waals surface area contributed by atoms with Gasteiger partial charge in [0.25, 0.3) is 0 Å². The molecule has 0 radical (unpaired) electrons. The van der Waals surface area contributed by atoms with E-state index in [0.29, 0.717) is 10.8 Å². The molecule has 178 valence electrons. The van der Waals surface area contributed by atoms with Gasteiger partial charge in [-0.05, 0) is 74.1 Å². The Bertz CT molecular complexity index is 1370. The topological polar surface area (TPSA) is 33.1 Å². The third kappa shape index (κ3) is 4.08. The number of alkyl halides is 3. The molecular weight excluding hydrogens is 469 g/mol. The fourth-order valence-corrected chi connectivity index (χ4v) is 5.25. The summed E-state index contributed by atoms with van der Waals surface area (Å²) in [6.45, 7) is 3.68. The Kier molecular flexibility index (Phi) is 5.84. The second kappa shape index (κ2) is 8.85. The smallest absolute Gasteiger partial charge is 0.351 e. The highest BCUT2D eigenvalue weighted by Gasteiger charge is 2.42. The number of pyridine rings is 1. The number of nitrogens with zero attached hydrogens (tertiary/aromatic N) is 3. The van der Waals surface area contributed by atoms with Crippen molar-refractivity contribution in [1.29, 1.82) is 0 Å².